The van der Waals surface area contributed by atoms with Gasteiger partial charge in [0, 0.05) is 30.8 Å². The molecule has 1 amide bonds. The van der Waals surface area contributed by atoms with Gasteiger partial charge in [0.05, 0.1) is 7.11 Å². The molecule has 1 unspecified atom stereocenters. The number of carbonyl (C=O) groups is 1. The number of benzene rings is 1. The van der Waals surface area contributed by atoms with Crippen LogP contribution in [0.25, 0.3) is 0 Å². The molecule has 0 saturated heterocycles. The Labute approximate surface area is 98.9 Å². The standard InChI is InChI=1S/C11H16FN3O2/c1-17-10-4-7(2-3-9(10)12)15-8(6-13)5-11(14)16/h2-4,8,15H,5-6,13H2,1H3,(H2,14,16). The number of carbonyl (C=O) groups excluding carboxylic acids is 1. The number of ether oxygens (including phenoxy) is 1. The van der Waals surface area contributed by atoms with Gasteiger partial charge in [-0.3, -0.25) is 4.79 Å². The third-order valence-corrected chi connectivity index (χ3v) is 2.25. The summed E-state index contributed by atoms with van der Waals surface area (Å²) in [4.78, 5) is 10.8. The molecule has 0 aliphatic heterocycles. The Morgan fingerprint density at radius 3 is 2.82 bits per heavy atom. The summed E-state index contributed by atoms with van der Waals surface area (Å²) in [5, 5.41) is 2.99. The van der Waals surface area contributed by atoms with E-state index < -0.39 is 11.7 Å². The first-order valence-corrected chi connectivity index (χ1v) is 5.15. The summed E-state index contributed by atoms with van der Waals surface area (Å²) >= 11 is 0. The molecule has 0 radical (unpaired) electrons. The van der Waals surface area contributed by atoms with Gasteiger partial charge in [0.15, 0.2) is 11.6 Å². The smallest absolute Gasteiger partial charge is 0.219 e. The van der Waals surface area contributed by atoms with E-state index in [-0.39, 0.29) is 24.8 Å². The Kier molecular flexibility index (Phi) is 4.71. The lowest BCUT2D eigenvalue weighted by Gasteiger charge is -2.17. The number of hydrogen-bond donors (Lipinski definition) is 3. The molecule has 1 rings (SSSR count). The number of nitrogens with two attached hydrogens (primary N) is 2. The fraction of sp³-hybridized carbons (Fsp3) is 0.364. The maximum absolute atomic E-state index is 13.1. The summed E-state index contributed by atoms with van der Waals surface area (Å²) in [6.07, 6.45) is 0.121. The monoisotopic (exact) mass is 241 g/mol. The number of halogens is 1. The highest BCUT2D eigenvalue weighted by atomic mass is 19.1. The van der Waals surface area contributed by atoms with Gasteiger partial charge in [-0.1, -0.05) is 0 Å². The average Bonchev–Trinajstić information content (AvgIpc) is 2.30. The van der Waals surface area contributed by atoms with Crippen molar-refractivity contribution >= 4 is 11.6 Å². The van der Waals surface area contributed by atoms with E-state index >= 15 is 0 Å². The van der Waals surface area contributed by atoms with Crippen LogP contribution in [0.1, 0.15) is 6.42 Å². The Bertz CT molecular complexity index is 398. The summed E-state index contributed by atoms with van der Waals surface area (Å²) in [5.74, 6) is -0.760. The lowest BCUT2D eigenvalue weighted by molar-refractivity contribution is -0.118. The molecular weight excluding hydrogens is 225 g/mol. The number of rotatable bonds is 6. The third kappa shape index (κ3) is 3.92. The fourth-order valence-corrected chi connectivity index (χ4v) is 1.42. The van der Waals surface area contributed by atoms with E-state index in [1.54, 1.807) is 6.07 Å². The van der Waals surface area contributed by atoms with Crippen LogP contribution in [0, 0.1) is 5.82 Å². The lowest BCUT2D eigenvalue weighted by Crippen LogP contribution is -2.33. The molecule has 17 heavy (non-hydrogen) atoms. The van der Waals surface area contributed by atoms with Crippen LogP contribution in [-0.4, -0.2) is 25.6 Å². The molecular formula is C11H16FN3O2. The van der Waals surface area contributed by atoms with E-state index in [1.165, 1.54) is 19.2 Å². The van der Waals surface area contributed by atoms with Gasteiger partial charge in [-0.15, -0.1) is 0 Å². The van der Waals surface area contributed by atoms with Gasteiger partial charge < -0.3 is 21.5 Å². The minimum Gasteiger partial charge on any atom is -0.494 e. The molecule has 0 spiro atoms. The summed E-state index contributed by atoms with van der Waals surface area (Å²) in [5.41, 5.74) is 11.2. The van der Waals surface area contributed by atoms with Crippen LogP contribution in [0.2, 0.25) is 0 Å². The van der Waals surface area contributed by atoms with Crippen LogP contribution < -0.4 is 21.5 Å². The molecule has 6 heteroatoms. The molecule has 0 heterocycles. The highest BCUT2D eigenvalue weighted by Gasteiger charge is 2.11. The van der Waals surface area contributed by atoms with Crippen molar-refractivity contribution in [2.75, 3.05) is 19.0 Å². The number of amides is 1. The van der Waals surface area contributed by atoms with Gasteiger partial charge in [0.2, 0.25) is 5.91 Å². The number of hydrogen-bond acceptors (Lipinski definition) is 4. The molecule has 0 aliphatic carbocycles. The van der Waals surface area contributed by atoms with Crippen molar-refractivity contribution in [1.29, 1.82) is 0 Å². The second-order valence-electron chi connectivity index (χ2n) is 3.60. The Hall–Kier alpha value is -1.82. The summed E-state index contributed by atoms with van der Waals surface area (Å²) in [6, 6.07) is 4.04. The van der Waals surface area contributed by atoms with Crippen molar-refractivity contribution in [2.45, 2.75) is 12.5 Å². The normalized spacial score (nSPS) is 11.9. The van der Waals surface area contributed by atoms with Gasteiger partial charge in [-0.2, -0.15) is 0 Å². The Morgan fingerprint density at radius 1 is 1.59 bits per heavy atom. The quantitative estimate of drug-likeness (QED) is 0.674. The van der Waals surface area contributed by atoms with Crippen molar-refractivity contribution in [3.63, 3.8) is 0 Å². The first-order chi connectivity index (χ1) is 8.06. The van der Waals surface area contributed by atoms with E-state index in [9.17, 15) is 9.18 Å². The van der Waals surface area contributed by atoms with Gasteiger partial charge in [-0.25, -0.2) is 4.39 Å². The molecule has 1 atom stereocenters. The highest BCUT2D eigenvalue weighted by Crippen LogP contribution is 2.22. The minimum absolute atomic E-state index is 0.121. The van der Waals surface area contributed by atoms with Crippen molar-refractivity contribution in [3.05, 3.63) is 24.0 Å². The lowest BCUT2D eigenvalue weighted by atomic mass is 10.2. The second kappa shape index (κ2) is 6.05. The van der Waals surface area contributed by atoms with E-state index in [4.69, 9.17) is 16.2 Å². The topological polar surface area (TPSA) is 90.4 Å². The Morgan fingerprint density at radius 2 is 2.29 bits per heavy atom. The van der Waals surface area contributed by atoms with E-state index in [2.05, 4.69) is 5.32 Å². The van der Waals surface area contributed by atoms with Crippen LogP contribution in [-0.2, 0) is 4.79 Å². The number of nitrogens with one attached hydrogen (secondary N) is 1. The summed E-state index contributed by atoms with van der Waals surface area (Å²) in [6.45, 7) is 0.253. The first-order valence-electron chi connectivity index (χ1n) is 5.15. The fourth-order valence-electron chi connectivity index (χ4n) is 1.42. The third-order valence-electron chi connectivity index (χ3n) is 2.25. The van der Waals surface area contributed by atoms with E-state index in [0.717, 1.165) is 0 Å². The second-order valence-corrected chi connectivity index (χ2v) is 3.60. The number of primary amides is 1. The van der Waals surface area contributed by atoms with Crippen LogP contribution in [0.4, 0.5) is 10.1 Å². The van der Waals surface area contributed by atoms with Crippen molar-refractivity contribution < 1.29 is 13.9 Å². The van der Waals surface area contributed by atoms with E-state index in [1.807, 2.05) is 0 Å². The van der Waals surface area contributed by atoms with Gasteiger partial charge in [0.25, 0.3) is 0 Å². The zero-order chi connectivity index (χ0) is 12.8. The van der Waals surface area contributed by atoms with Crippen molar-refractivity contribution in [3.8, 4) is 5.75 Å². The maximum Gasteiger partial charge on any atom is 0.219 e. The van der Waals surface area contributed by atoms with Gasteiger partial charge in [-0.05, 0) is 12.1 Å². The predicted octanol–water partition coefficient (Wildman–Crippen LogP) is 0.449. The van der Waals surface area contributed by atoms with Gasteiger partial charge >= 0.3 is 0 Å². The maximum atomic E-state index is 13.1. The van der Waals surface area contributed by atoms with Crippen molar-refractivity contribution in [1.82, 2.24) is 0 Å². The molecule has 0 aliphatic rings. The summed E-state index contributed by atoms with van der Waals surface area (Å²) in [7, 11) is 1.38. The molecule has 0 bridgehead atoms. The van der Waals surface area contributed by atoms with Crippen LogP contribution in [0.3, 0.4) is 0 Å². The molecule has 0 aromatic heterocycles. The number of methoxy groups -OCH3 is 1. The SMILES string of the molecule is COc1cc(NC(CN)CC(N)=O)ccc1F. The van der Waals surface area contributed by atoms with Crippen LogP contribution in [0.5, 0.6) is 5.75 Å². The molecule has 1 aromatic rings. The van der Waals surface area contributed by atoms with Crippen LogP contribution in [0.15, 0.2) is 18.2 Å². The highest BCUT2D eigenvalue weighted by molar-refractivity contribution is 5.75. The molecule has 94 valence electrons. The first kappa shape index (κ1) is 13.2. The zero-order valence-corrected chi connectivity index (χ0v) is 9.57. The molecule has 1 aromatic carbocycles. The molecule has 5 nitrogen and oxygen atoms in total. The predicted molar refractivity (Wildman–Crippen MR) is 63.2 cm³/mol. The molecule has 0 saturated carbocycles. The number of anilines is 1. The largest absolute Gasteiger partial charge is 0.494 e. The summed E-state index contributed by atoms with van der Waals surface area (Å²) < 4.78 is 18.0. The van der Waals surface area contributed by atoms with Gasteiger partial charge in [0.1, 0.15) is 0 Å². The van der Waals surface area contributed by atoms with Crippen molar-refractivity contribution in [2.24, 2.45) is 11.5 Å². The zero-order valence-electron chi connectivity index (χ0n) is 9.57. The minimum atomic E-state index is -0.447. The van der Waals surface area contributed by atoms with Crippen LogP contribution >= 0.6 is 0 Å². The molecule has 0 fully saturated rings. The molecule has 5 N–H and O–H groups in total. The average molecular weight is 241 g/mol. The van der Waals surface area contributed by atoms with E-state index in [0.29, 0.717) is 5.69 Å². The Balaban J connectivity index is 2.75.